The molecule has 0 saturated heterocycles. The highest BCUT2D eigenvalue weighted by atomic mass is 14.4. The van der Waals surface area contributed by atoms with Crippen LogP contribution in [0.1, 0.15) is 166 Å². The van der Waals surface area contributed by atoms with Crippen molar-refractivity contribution in [2.45, 2.75) is 155 Å². The van der Waals surface area contributed by atoms with Crippen molar-refractivity contribution in [3.8, 4) is 11.8 Å². The predicted molar refractivity (Wildman–Crippen MR) is 171 cm³/mol. The highest BCUT2D eigenvalue weighted by molar-refractivity contribution is 5.39. The van der Waals surface area contributed by atoms with Gasteiger partial charge in [-0.2, -0.15) is 0 Å². The minimum Gasteiger partial charge on any atom is -0.0730 e. The monoisotopic (exact) mass is 528 g/mol. The van der Waals surface area contributed by atoms with Crippen LogP contribution in [0.5, 0.6) is 0 Å². The zero-order valence-electron chi connectivity index (χ0n) is 25.8. The summed E-state index contributed by atoms with van der Waals surface area (Å²) >= 11 is 0. The van der Waals surface area contributed by atoms with Crippen LogP contribution in [0.4, 0.5) is 0 Å². The summed E-state index contributed by atoms with van der Waals surface area (Å²) in [6.07, 6.45) is 34.9. The zero-order valence-corrected chi connectivity index (χ0v) is 25.8. The van der Waals surface area contributed by atoms with Gasteiger partial charge in [0.05, 0.1) is 0 Å². The topological polar surface area (TPSA) is 0 Å². The van der Waals surface area contributed by atoms with Crippen LogP contribution in [-0.4, -0.2) is 0 Å². The first kappa shape index (κ1) is 30.5. The molecule has 0 aromatic heterocycles. The van der Waals surface area contributed by atoms with Crippen molar-refractivity contribution in [2.24, 2.45) is 29.6 Å². The van der Waals surface area contributed by atoms with Gasteiger partial charge in [0.1, 0.15) is 0 Å². The van der Waals surface area contributed by atoms with Crippen molar-refractivity contribution in [1.29, 1.82) is 0 Å². The van der Waals surface area contributed by atoms with Gasteiger partial charge < -0.3 is 0 Å². The second kappa shape index (κ2) is 17.4. The highest BCUT2D eigenvalue weighted by Gasteiger charge is 2.30. The SMILES string of the molecule is CCCCCCC1CCC(C2CCC(/C=C/C#Cc3ccc(C4CCC(CCCCC)CC4)cc3)CC2)CC1. The van der Waals surface area contributed by atoms with Gasteiger partial charge in [-0.3, -0.25) is 0 Å². The quantitative estimate of drug-likeness (QED) is 0.187. The summed E-state index contributed by atoms with van der Waals surface area (Å²) in [4.78, 5) is 0. The third-order valence-corrected chi connectivity index (χ3v) is 11.0. The van der Waals surface area contributed by atoms with Crippen molar-refractivity contribution in [3.05, 3.63) is 47.5 Å². The highest BCUT2D eigenvalue weighted by Crippen LogP contribution is 2.42. The Bertz CT molecular complexity index is 855. The van der Waals surface area contributed by atoms with Crippen LogP contribution in [0.25, 0.3) is 0 Å². The van der Waals surface area contributed by atoms with Crippen LogP contribution in [-0.2, 0) is 0 Å². The fourth-order valence-electron chi connectivity index (χ4n) is 8.23. The van der Waals surface area contributed by atoms with Crippen LogP contribution in [0.3, 0.4) is 0 Å². The van der Waals surface area contributed by atoms with E-state index in [0.29, 0.717) is 0 Å². The summed E-state index contributed by atoms with van der Waals surface area (Å²) in [6.45, 7) is 4.64. The number of rotatable bonds is 12. The van der Waals surface area contributed by atoms with E-state index in [4.69, 9.17) is 0 Å². The number of hydrogen-bond donors (Lipinski definition) is 0. The third-order valence-electron chi connectivity index (χ3n) is 11.0. The summed E-state index contributed by atoms with van der Waals surface area (Å²) in [5.41, 5.74) is 2.71. The molecule has 0 aliphatic heterocycles. The Kier molecular flexibility index (Phi) is 13.6. The smallest absolute Gasteiger partial charge is 0.0249 e. The van der Waals surface area contributed by atoms with Crippen LogP contribution in [0.15, 0.2) is 36.4 Å². The third kappa shape index (κ3) is 10.5. The molecular weight excluding hydrogens is 468 g/mol. The van der Waals surface area contributed by atoms with Gasteiger partial charge in [-0.25, -0.2) is 0 Å². The number of unbranched alkanes of at least 4 members (excludes halogenated alkanes) is 5. The van der Waals surface area contributed by atoms with Gasteiger partial charge in [-0.05, 0) is 123 Å². The predicted octanol–water partition coefficient (Wildman–Crippen LogP) is 12.0. The van der Waals surface area contributed by atoms with Gasteiger partial charge >= 0.3 is 0 Å². The first-order valence-corrected chi connectivity index (χ1v) is 17.5. The molecule has 0 N–H and O–H groups in total. The maximum atomic E-state index is 3.40. The minimum atomic E-state index is 0.755. The van der Waals surface area contributed by atoms with Crippen molar-refractivity contribution in [1.82, 2.24) is 0 Å². The van der Waals surface area contributed by atoms with E-state index in [-0.39, 0.29) is 0 Å². The van der Waals surface area contributed by atoms with Crippen LogP contribution >= 0.6 is 0 Å². The molecule has 0 amide bonds. The number of benzene rings is 1. The Morgan fingerprint density at radius 3 is 1.77 bits per heavy atom. The molecule has 0 bridgehead atoms. The molecular formula is C39H60. The molecule has 216 valence electrons. The molecule has 1 aromatic carbocycles. The lowest BCUT2D eigenvalue weighted by Crippen LogP contribution is -2.25. The van der Waals surface area contributed by atoms with Crippen molar-refractivity contribution in [3.63, 3.8) is 0 Å². The van der Waals surface area contributed by atoms with Crippen molar-refractivity contribution >= 4 is 0 Å². The van der Waals surface area contributed by atoms with E-state index in [1.165, 1.54) is 140 Å². The number of hydrogen-bond acceptors (Lipinski definition) is 0. The van der Waals surface area contributed by atoms with E-state index in [1.54, 1.807) is 5.56 Å². The zero-order chi connectivity index (χ0) is 27.1. The fraction of sp³-hybridized carbons (Fsp3) is 0.744. The van der Waals surface area contributed by atoms with Crippen LogP contribution in [0.2, 0.25) is 0 Å². The Labute approximate surface area is 243 Å². The summed E-state index contributed by atoms with van der Waals surface area (Å²) in [6, 6.07) is 9.23. The van der Waals surface area contributed by atoms with Gasteiger partial charge in [0.15, 0.2) is 0 Å². The minimum absolute atomic E-state index is 0.755. The van der Waals surface area contributed by atoms with E-state index in [0.717, 1.165) is 35.5 Å². The van der Waals surface area contributed by atoms with E-state index in [2.05, 4.69) is 62.1 Å². The first-order chi connectivity index (χ1) is 19.2. The van der Waals surface area contributed by atoms with E-state index in [9.17, 15) is 0 Å². The van der Waals surface area contributed by atoms with Crippen LogP contribution in [0, 0.1) is 41.4 Å². The average Bonchev–Trinajstić information content (AvgIpc) is 2.99. The molecule has 4 rings (SSSR count). The van der Waals surface area contributed by atoms with Crippen molar-refractivity contribution in [2.75, 3.05) is 0 Å². The maximum Gasteiger partial charge on any atom is 0.0249 e. The molecule has 3 aliphatic carbocycles. The Hall–Kier alpha value is -1.48. The molecule has 0 heteroatoms. The van der Waals surface area contributed by atoms with Gasteiger partial charge in [-0.15, -0.1) is 0 Å². The molecule has 0 unspecified atom stereocenters. The Morgan fingerprint density at radius 2 is 1.15 bits per heavy atom. The molecule has 39 heavy (non-hydrogen) atoms. The summed E-state index contributed by atoms with van der Waals surface area (Å²) in [7, 11) is 0. The van der Waals surface area contributed by atoms with Gasteiger partial charge in [0.2, 0.25) is 0 Å². The summed E-state index contributed by atoms with van der Waals surface area (Å²) in [5.74, 6) is 12.4. The second-order valence-corrected chi connectivity index (χ2v) is 13.8. The molecule has 0 nitrogen and oxygen atoms in total. The lowest BCUT2D eigenvalue weighted by atomic mass is 9.68. The normalized spacial score (nSPS) is 29.7. The summed E-state index contributed by atoms with van der Waals surface area (Å²) in [5, 5.41) is 0. The molecule has 0 heterocycles. The molecule has 1 aromatic rings. The van der Waals surface area contributed by atoms with Crippen molar-refractivity contribution < 1.29 is 0 Å². The number of allylic oxidation sites excluding steroid dienone is 2. The molecule has 0 radical (unpaired) electrons. The fourth-order valence-corrected chi connectivity index (χ4v) is 8.23. The van der Waals surface area contributed by atoms with Gasteiger partial charge in [-0.1, -0.05) is 115 Å². The van der Waals surface area contributed by atoms with E-state index in [1.807, 2.05) is 0 Å². The first-order valence-electron chi connectivity index (χ1n) is 17.5. The molecule has 0 atom stereocenters. The standard InChI is InChI=1S/C39H60/c1-3-5-7-9-13-33-18-26-37(27-19-33)39-30-22-35(23-31-39)15-11-10-14-34-20-28-38(29-21-34)36-24-16-32(17-25-36)12-8-6-4-2/h11,15,20-21,28-29,32-33,35-37,39H,3-9,12-13,16-19,22-27,30-31H2,1-2H3/b15-11+. The molecule has 3 aliphatic rings. The average molecular weight is 529 g/mol. The lowest BCUT2D eigenvalue weighted by Gasteiger charge is -2.37. The molecule has 0 spiro atoms. The van der Waals surface area contributed by atoms with E-state index >= 15 is 0 Å². The molecule has 3 saturated carbocycles. The lowest BCUT2D eigenvalue weighted by molar-refractivity contribution is 0.151. The Balaban J connectivity index is 1.11. The molecule has 3 fully saturated rings. The maximum absolute atomic E-state index is 3.40. The Morgan fingerprint density at radius 1 is 0.615 bits per heavy atom. The van der Waals surface area contributed by atoms with Gasteiger partial charge in [0, 0.05) is 5.56 Å². The summed E-state index contributed by atoms with van der Waals surface area (Å²) < 4.78 is 0. The second-order valence-electron chi connectivity index (χ2n) is 13.8. The van der Waals surface area contributed by atoms with E-state index < -0.39 is 0 Å². The van der Waals surface area contributed by atoms with Gasteiger partial charge in [0.25, 0.3) is 0 Å². The largest absolute Gasteiger partial charge is 0.0730 e. The van der Waals surface area contributed by atoms with Crippen LogP contribution < -0.4 is 0 Å².